The Morgan fingerprint density at radius 3 is 2.08 bits per heavy atom. The molecule has 134 valence electrons. The number of nitrogens with one attached hydrogen (secondary N) is 1. The fourth-order valence-electron chi connectivity index (χ4n) is 2.33. The molecule has 9 heteroatoms. The second kappa shape index (κ2) is 8.09. The van der Waals surface area contributed by atoms with E-state index in [4.69, 9.17) is 15.0 Å². The van der Waals surface area contributed by atoms with Gasteiger partial charge >= 0.3 is 18.1 Å². The number of hydrogen-bond acceptors (Lipinski definition) is 3. The molecule has 5 nitrogen and oxygen atoms in total. The Kier molecular flexibility index (Phi) is 6.70. The van der Waals surface area contributed by atoms with Gasteiger partial charge in [0.25, 0.3) is 0 Å². The summed E-state index contributed by atoms with van der Waals surface area (Å²) >= 11 is 0. The molecule has 0 atom stereocenters. The van der Waals surface area contributed by atoms with Crippen molar-refractivity contribution in [3.05, 3.63) is 35.6 Å². The number of carboxylic acid groups (broad SMARTS) is 2. The monoisotopic (exact) mass is 351 g/mol. The molecule has 1 aliphatic carbocycles. The Morgan fingerprint density at radius 1 is 1.17 bits per heavy atom. The van der Waals surface area contributed by atoms with Crippen molar-refractivity contribution in [3.63, 3.8) is 0 Å². The first kappa shape index (κ1) is 19.9. The van der Waals surface area contributed by atoms with Crippen molar-refractivity contribution in [2.24, 2.45) is 0 Å². The molecule has 1 aromatic carbocycles. The first-order valence-corrected chi connectivity index (χ1v) is 7.10. The third-order valence-corrected chi connectivity index (χ3v) is 3.64. The molecule has 0 unspecified atom stereocenters. The normalized spacial score (nSPS) is 15.7. The number of carboxylic acids is 2. The van der Waals surface area contributed by atoms with Crippen LogP contribution in [0.1, 0.15) is 31.2 Å². The first-order valence-electron chi connectivity index (χ1n) is 7.10. The lowest BCUT2D eigenvalue weighted by Gasteiger charge is -2.43. The molecular weight excluding hydrogens is 334 g/mol. The van der Waals surface area contributed by atoms with Crippen molar-refractivity contribution in [2.75, 3.05) is 6.54 Å². The molecular formula is C15H17F4NO4. The van der Waals surface area contributed by atoms with E-state index in [1.807, 2.05) is 6.07 Å². The third-order valence-electron chi connectivity index (χ3n) is 3.64. The summed E-state index contributed by atoms with van der Waals surface area (Å²) < 4.78 is 45.5. The van der Waals surface area contributed by atoms with Crippen molar-refractivity contribution in [3.8, 4) is 0 Å². The molecule has 0 amide bonds. The molecule has 1 saturated carbocycles. The van der Waals surface area contributed by atoms with E-state index in [0.717, 1.165) is 19.3 Å². The van der Waals surface area contributed by atoms with E-state index in [1.165, 1.54) is 6.07 Å². The van der Waals surface area contributed by atoms with Gasteiger partial charge < -0.3 is 15.5 Å². The van der Waals surface area contributed by atoms with Crippen LogP contribution in [0.3, 0.4) is 0 Å². The predicted octanol–water partition coefficient (Wildman–Crippen LogP) is 2.90. The number of benzene rings is 1. The summed E-state index contributed by atoms with van der Waals surface area (Å²) in [5.74, 6) is -3.80. The van der Waals surface area contributed by atoms with Crippen LogP contribution < -0.4 is 5.32 Å². The first-order chi connectivity index (χ1) is 11.1. The summed E-state index contributed by atoms with van der Waals surface area (Å²) in [6.07, 6.45) is -2.23. The lowest BCUT2D eigenvalue weighted by Crippen LogP contribution is -2.49. The summed E-state index contributed by atoms with van der Waals surface area (Å²) in [5, 5.41) is 18.9. The van der Waals surface area contributed by atoms with Crippen LogP contribution in [-0.4, -0.2) is 34.9 Å². The van der Waals surface area contributed by atoms with Crippen LogP contribution in [0.15, 0.2) is 24.3 Å². The maximum Gasteiger partial charge on any atom is 0.490 e. The maximum atomic E-state index is 13.7. The molecule has 24 heavy (non-hydrogen) atoms. The van der Waals surface area contributed by atoms with Crippen molar-refractivity contribution >= 4 is 11.9 Å². The molecule has 0 saturated heterocycles. The molecule has 1 aliphatic rings. The topological polar surface area (TPSA) is 86.6 Å². The van der Waals surface area contributed by atoms with Crippen LogP contribution in [-0.2, 0) is 15.1 Å². The average molecular weight is 351 g/mol. The number of halogens is 4. The third kappa shape index (κ3) is 5.48. The van der Waals surface area contributed by atoms with Crippen molar-refractivity contribution in [2.45, 2.75) is 37.4 Å². The van der Waals surface area contributed by atoms with Gasteiger partial charge in [0.2, 0.25) is 0 Å². The van der Waals surface area contributed by atoms with Crippen LogP contribution in [0.5, 0.6) is 0 Å². The van der Waals surface area contributed by atoms with E-state index in [-0.39, 0.29) is 17.8 Å². The Morgan fingerprint density at radius 2 is 1.71 bits per heavy atom. The van der Waals surface area contributed by atoms with Gasteiger partial charge in [0.05, 0.1) is 6.42 Å². The lowest BCUT2D eigenvalue weighted by atomic mass is 9.71. The second-order valence-electron chi connectivity index (χ2n) is 5.29. The number of rotatable bonds is 5. The molecule has 0 spiro atoms. The van der Waals surface area contributed by atoms with Gasteiger partial charge in [-0.3, -0.25) is 4.79 Å². The van der Waals surface area contributed by atoms with Gasteiger partial charge in [0.15, 0.2) is 0 Å². The summed E-state index contributed by atoms with van der Waals surface area (Å²) in [5.41, 5.74) is 0.317. The zero-order valence-electron chi connectivity index (χ0n) is 12.6. The van der Waals surface area contributed by atoms with Gasteiger partial charge in [-0.15, -0.1) is 0 Å². The zero-order valence-corrected chi connectivity index (χ0v) is 12.6. The van der Waals surface area contributed by atoms with Gasteiger partial charge in [-0.05, 0) is 25.3 Å². The molecule has 0 heterocycles. The minimum absolute atomic E-state index is 0.0657. The average Bonchev–Trinajstić information content (AvgIpc) is 2.42. The number of alkyl halides is 3. The summed E-state index contributed by atoms with van der Waals surface area (Å²) in [6.45, 7) is 0.379. The summed E-state index contributed by atoms with van der Waals surface area (Å²) in [6, 6.07) is 6.72. The van der Waals surface area contributed by atoms with Gasteiger partial charge in [0, 0.05) is 17.6 Å². The fourth-order valence-corrected chi connectivity index (χ4v) is 2.33. The SMILES string of the molecule is O=C(O)C(F)(F)F.O=C(O)CCNC1(c2ccccc2F)CCC1. The zero-order chi connectivity index (χ0) is 18.4. The van der Waals surface area contributed by atoms with Gasteiger partial charge in [-0.1, -0.05) is 18.2 Å². The van der Waals surface area contributed by atoms with E-state index in [2.05, 4.69) is 5.32 Å². The molecule has 0 aliphatic heterocycles. The highest BCUT2D eigenvalue weighted by atomic mass is 19.4. The predicted molar refractivity (Wildman–Crippen MR) is 75.9 cm³/mol. The maximum absolute atomic E-state index is 13.7. The largest absolute Gasteiger partial charge is 0.490 e. The minimum Gasteiger partial charge on any atom is -0.481 e. The molecule has 0 bridgehead atoms. The molecule has 3 N–H and O–H groups in total. The lowest BCUT2D eigenvalue weighted by molar-refractivity contribution is -0.192. The molecule has 1 fully saturated rings. The van der Waals surface area contributed by atoms with Gasteiger partial charge in [-0.25, -0.2) is 9.18 Å². The number of hydrogen-bond donors (Lipinski definition) is 3. The second-order valence-corrected chi connectivity index (χ2v) is 5.29. The molecule has 2 rings (SSSR count). The van der Waals surface area contributed by atoms with E-state index in [9.17, 15) is 22.4 Å². The van der Waals surface area contributed by atoms with Crippen molar-refractivity contribution < 1.29 is 37.4 Å². The van der Waals surface area contributed by atoms with E-state index in [0.29, 0.717) is 12.1 Å². The number of carbonyl (C=O) groups is 2. The highest BCUT2D eigenvalue weighted by Gasteiger charge is 2.40. The molecule has 0 aromatic heterocycles. The highest BCUT2D eigenvalue weighted by molar-refractivity contribution is 5.73. The Hall–Kier alpha value is -2.16. The standard InChI is InChI=1S/C13H16FNO2.C2HF3O2/c14-11-5-2-1-4-10(11)13(7-3-8-13)15-9-6-12(16)17;3-2(4,5)1(6)7/h1-2,4-5,15H,3,6-9H2,(H,16,17);(H,6,7). The van der Waals surface area contributed by atoms with Crippen LogP contribution in [0, 0.1) is 5.82 Å². The van der Waals surface area contributed by atoms with Crippen LogP contribution >= 0.6 is 0 Å². The van der Waals surface area contributed by atoms with E-state index in [1.54, 1.807) is 12.1 Å². The quantitative estimate of drug-likeness (QED) is 0.710. The summed E-state index contributed by atoms with van der Waals surface area (Å²) in [4.78, 5) is 19.4. The van der Waals surface area contributed by atoms with Crippen LogP contribution in [0.25, 0.3) is 0 Å². The van der Waals surface area contributed by atoms with Crippen LogP contribution in [0.4, 0.5) is 17.6 Å². The van der Waals surface area contributed by atoms with E-state index >= 15 is 0 Å². The minimum atomic E-state index is -5.08. The highest BCUT2D eigenvalue weighted by Crippen LogP contribution is 2.42. The van der Waals surface area contributed by atoms with Gasteiger partial charge in [-0.2, -0.15) is 13.2 Å². The molecule has 0 radical (unpaired) electrons. The molecule has 1 aromatic rings. The van der Waals surface area contributed by atoms with Crippen LogP contribution in [0.2, 0.25) is 0 Å². The van der Waals surface area contributed by atoms with Gasteiger partial charge in [0.1, 0.15) is 5.82 Å². The smallest absolute Gasteiger partial charge is 0.481 e. The Balaban J connectivity index is 0.000000351. The Labute approximate surface area is 135 Å². The van der Waals surface area contributed by atoms with E-state index < -0.39 is 18.1 Å². The van der Waals surface area contributed by atoms with Crippen molar-refractivity contribution in [1.82, 2.24) is 5.32 Å². The van der Waals surface area contributed by atoms with Crippen molar-refractivity contribution in [1.29, 1.82) is 0 Å². The Bertz CT molecular complexity index is 585. The summed E-state index contributed by atoms with van der Waals surface area (Å²) in [7, 11) is 0. The number of aliphatic carboxylic acids is 2. The fraction of sp³-hybridized carbons (Fsp3) is 0.467.